The summed E-state index contributed by atoms with van der Waals surface area (Å²) in [5, 5.41) is 3.33. The highest BCUT2D eigenvalue weighted by atomic mass is 16.1. The van der Waals surface area contributed by atoms with E-state index in [-0.39, 0.29) is 5.56 Å². The van der Waals surface area contributed by atoms with E-state index in [1.807, 2.05) is 0 Å². The Morgan fingerprint density at radius 3 is 2.82 bits per heavy atom. The van der Waals surface area contributed by atoms with Crippen molar-refractivity contribution in [2.75, 3.05) is 5.32 Å². The number of nitrogens with one attached hydrogen (secondary N) is 2. The van der Waals surface area contributed by atoms with Crippen molar-refractivity contribution >= 4 is 5.82 Å². The highest BCUT2D eigenvalue weighted by Crippen LogP contribution is 2.37. The fraction of sp³-hybridized carbons (Fsp3) is 0.692. The minimum Gasteiger partial charge on any atom is -0.367 e. The topological polar surface area (TPSA) is 57.8 Å². The summed E-state index contributed by atoms with van der Waals surface area (Å²) in [5.41, 5.74) is -0.0549. The number of anilines is 1. The molecular formula is C13H21N3O. The first-order valence-corrected chi connectivity index (χ1v) is 6.48. The molecule has 1 fully saturated rings. The molecule has 1 aliphatic rings. The van der Waals surface area contributed by atoms with Crippen LogP contribution in [0.1, 0.15) is 51.8 Å². The summed E-state index contributed by atoms with van der Waals surface area (Å²) in [7, 11) is 0. The first-order valence-electron chi connectivity index (χ1n) is 6.48. The zero-order valence-corrected chi connectivity index (χ0v) is 10.8. The monoisotopic (exact) mass is 235 g/mol. The van der Waals surface area contributed by atoms with E-state index in [0.717, 1.165) is 25.1 Å². The number of H-pyrrole nitrogens is 1. The van der Waals surface area contributed by atoms with Crippen molar-refractivity contribution in [2.45, 2.75) is 52.0 Å². The van der Waals surface area contributed by atoms with Crippen LogP contribution in [0, 0.1) is 5.92 Å². The molecule has 2 atom stereocenters. The Balaban J connectivity index is 2.12. The molecular weight excluding hydrogens is 214 g/mol. The highest BCUT2D eigenvalue weighted by Gasteiger charge is 2.26. The fourth-order valence-electron chi connectivity index (χ4n) is 1.83. The van der Waals surface area contributed by atoms with E-state index < -0.39 is 0 Å². The first kappa shape index (κ1) is 12.1. The molecule has 1 aromatic heterocycles. The zero-order chi connectivity index (χ0) is 12.4. The molecule has 2 unspecified atom stereocenters. The molecule has 0 radical (unpaired) electrons. The molecule has 4 nitrogen and oxygen atoms in total. The van der Waals surface area contributed by atoms with Gasteiger partial charge in [0, 0.05) is 18.0 Å². The standard InChI is InChI=1S/C13H21N3O/c1-4-8(2)9(3)14-11-7-12(17)16-13(15-11)10-5-6-10/h7-10H,4-6H2,1-3H3,(H2,14,15,16,17). The molecule has 1 saturated carbocycles. The van der Waals surface area contributed by atoms with Gasteiger partial charge < -0.3 is 10.3 Å². The molecule has 0 amide bonds. The summed E-state index contributed by atoms with van der Waals surface area (Å²) in [6, 6.07) is 1.88. The second kappa shape index (κ2) is 4.90. The van der Waals surface area contributed by atoms with Gasteiger partial charge in [-0.1, -0.05) is 20.3 Å². The van der Waals surface area contributed by atoms with Crippen LogP contribution in [-0.2, 0) is 0 Å². The maximum Gasteiger partial charge on any atom is 0.252 e. The number of rotatable bonds is 5. The van der Waals surface area contributed by atoms with Crippen molar-refractivity contribution in [3.05, 3.63) is 22.2 Å². The highest BCUT2D eigenvalue weighted by molar-refractivity contribution is 5.35. The molecule has 2 N–H and O–H groups in total. The molecule has 0 saturated heterocycles. The predicted molar refractivity (Wildman–Crippen MR) is 69.4 cm³/mol. The lowest BCUT2D eigenvalue weighted by atomic mass is 10.0. The van der Waals surface area contributed by atoms with Gasteiger partial charge in [0.15, 0.2) is 0 Å². The quantitative estimate of drug-likeness (QED) is 0.824. The van der Waals surface area contributed by atoms with Crippen LogP contribution in [0.15, 0.2) is 10.9 Å². The minimum absolute atomic E-state index is 0.0549. The van der Waals surface area contributed by atoms with Gasteiger partial charge in [0.2, 0.25) is 0 Å². The van der Waals surface area contributed by atoms with Crippen LogP contribution in [0.25, 0.3) is 0 Å². The normalized spacial score (nSPS) is 18.8. The molecule has 1 aromatic rings. The SMILES string of the molecule is CCC(C)C(C)Nc1cc(=O)[nH]c(C2CC2)n1. The van der Waals surface area contributed by atoms with Crippen molar-refractivity contribution < 1.29 is 0 Å². The molecule has 0 spiro atoms. The van der Waals surface area contributed by atoms with Crippen LogP contribution in [0.4, 0.5) is 5.82 Å². The Morgan fingerprint density at radius 1 is 1.53 bits per heavy atom. The Morgan fingerprint density at radius 2 is 2.24 bits per heavy atom. The van der Waals surface area contributed by atoms with Crippen LogP contribution < -0.4 is 10.9 Å². The molecule has 0 bridgehead atoms. The Kier molecular flexibility index (Phi) is 3.50. The van der Waals surface area contributed by atoms with Gasteiger partial charge in [0.05, 0.1) is 0 Å². The second-order valence-electron chi connectivity index (χ2n) is 5.11. The summed E-state index contributed by atoms with van der Waals surface area (Å²) >= 11 is 0. The second-order valence-corrected chi connectivity index (χ2v) is 5.11. The van der Waals surface area contributed by atoms with Gasteiger partial charge in [-0.25, -0.2) is 4.98 Å². The maximum absolute atomic E-state index is 11.5. The van der Waals surface area contributed by atoms with Gasteiger partial charge in [-0.3, -0.25) is 4.79 Å². The molecule has 0 aromatic carbocycles. The minimum atomic E-state index is -0.0549. The molecule has 2 rings (SSSR count). The van der Waals surface area contributed by atoms with Crippen LogP contribution in [0.5, 0.6) is 0 Å². The smallest absolute Gasteiger partial charge is 0.252 e. The molecule has 1 aliphatic carbocycles. The van der Waals surface area contributed by atoms with Gasteiger partial charge in [-0.15, -0.1) is 0 Å². The molecule has 94 valence electrons. The lowest BCUT2D eigenvalue weighted by Gasteiger charge is -2.20. The largest absolute Gasteiger partial charge is 0.367 e. The van der Waals surface area contributed by atoms with E-state index >= 15 is 0 Å². The van der Waals surface area contributed by atoms with Crippen molar-refractivity contribution in [1.29, 1.82) is 0 Å². The van der Waals surface area contributed by atoms with E-state index in [1.54, 1.807) is 6.07 Å². The van der Waals surface area contributed by atoms with Crippen molar-refractivity contribution in [1.82, 2.24) is 9.97 Å². The van der Waals surface area contributed by atoms with Crippen LogP contribution in [0.3, 0.4) is 0 Å². The zero-order valence-electron chi connectivity index (χ0n) is 10.8. The van der Waals surface area contributed by atoms with Crippen molar-refractivity contribution in [3.63, 3.8) is 0 Å². The number of hydrogen-bond donors (Lipinski definition) is 2. The van der Waals surface area contributed by atoms with Crippen LogP contribution >= 0.6 is 0 Å². The van der Waals surface area contributed by atoms with Crippen LogP contribution in [-0.4, -0.2) is 16.0 Å². The number of hydrogen-bond acceptors (Lipinski definition) is 3. The first-order chi connectivity index (χ1) is 8.10. The molecule has 1 heterocycles. The number of nitrogens with zero attached hydrogens (tertiary/aromatic N) is 1. The summed E-state index contributed by atoms with van der Waals surface area (Å²) in [6.07, 6.45) is 3.41. The van der Waals surface area contributed by atoms with E-state index in [4.69, 9.17) is 0 Å². The van der Waals surface area contributed by atoms with E-state index in [1.165, 1.54) is 0 Å². The van der Waals surface area contributed by atoms with Gasteiger partial charge in [0.1, 0.15) is 11.6 Å². The van der Waals surface area contributed by atoms with Crippen LogP contribution in [0.2, 0.25) is 0 Å². The molecule has 4 heteroatoms. The van der Waals surface area contributed by atoms with E-state index in [9.17, 15) is 4.79 Å². The third-order valence-corrected chi connectivity index (χ3v) is 3.60. The molecule has 0 aliphatic heterocycles. The fourth-order valence-corrected chi connectivity index (χ4v) is 1.83. The Labute approximate surface area is 102 Å². The summed E-state index contributed by atoms with van der Waals surface area (Å²) in [5.74, 6) is 2.60. The third kappa shape index (κ3) is 3.08. The van der Waals surface area contributed by atoms with Gasteiger partial charge >= 0.3 is 0 Å². The molecule has 17 heavy (non-hydrogen) atoms. The Bertz CT molecular complexity index is 437. The Hall–Kier alpha value is -1.32. The van der Waals surface area contributed by atoms with Crippen molar-refractivity contribution in [2.24, 2.45) is 5.92 Å². The summed E-state index contributed by atoms with van der Waals surface area (Å²) in [6.45, 7) is 6.50. The van der Waals surface area contributed by atoms with Gasteiger partial charge in [0.25, 0.3) is 5.56 Å². The lowest BCUT2D eigenvalue weighted by molar-refractivity contribution is 0.493. The number of aromatic amines is 1. The third-order valence-electron chi connectivity index (χ3n) is 3.60. The average molecular weight is 235 g/mol. The van der Waals surface area contributed by atoms with Crippen molar-refractivity contribution in [3.8, 4) is 0 Å². The predicted octanol–water partition coefficient (Wildman–Crippen LogP) is 2.49. The van der Waals surface area contributed by atoms with E-state index in [2.05, 4.69) is 36.1 Å². The summed E-state index contributed by atoms with van der Waals surface area (Å²) in [4.78, 5) is 18.8. The van der Waals surface area contributed by atoms with Gasteiger partial charge in [-0.2, -0.15) is 0 Å². The van der Waals surface area contributed by atoms with E-state index in [0.29, 0.717) is 23.7 Å². The van der Waals surface area contributed by atoms with Gasteiger partial charge in [-0.05, 0) is 25.7 Å². The average Bonchev–Trinajstić information content (AvgIpc) is 3.10. The number of aromatic nitrogens is 2. The lowest BCUT2D eigenvalue weighted by Crippen LogP contribution is -2.25. The maximum atomic E-state index is 11.5. The summed E-state index contributed by atoms with van der Waals surface area (Å²) < 4.78 is 0.